The summed E-state index contributed by atoms with van der Waals surface area (Å²) in [7, 11) is 0. The highest BCUT2D eigenvalue weighted by molar-refractivity contribution is 6.30. The fourth-order valence-corrected chi connectivity index (χ4v) is 5.26. The van der Waals surface area contributed by atoms with Crippen LogP contribution in [-0.4, -0.2) is 50.5 Å². The van der Waals surface area contributed by atoms with E-state index in [2.05, 4.69) is 12.0 Å². The van der Waals surface area contributed by atoms with Gasteiger partial charge in [-0.3, -0.25) is 9.59 Å². The van der Waals surface area contributed by atoms with Gasteiger partial charge in [0, 0.05) is 35.3 Å². The van der Waals surface area contributed by atoms with Gasteiger partial charge in [-0.05, 0) is 57.0 Å². The zero-order valence-electron chi connectivity index (χ0n) is 18.2. The van der Waals surface area contributed by atoms with Crippen LogP contribution in [-0.2, 0) is 0 Å². The van der Waals surface area contributed by atoms with Crippen LogP contribution in [0.2, 0.25) is 5.02 Å². The summed E-state index contributed by atoms with van der Waals surface area (Å²) < 4.78 is 1.78. The maximum atomic E-state index is 13.6. The number of fused-ring (bicyclic) bond motifs is 1. The van der Waals surface area contributed by atoms with Crippen LogP contribution in [0.25, 0.3) is 5.69 Å². The third kappa shape index (κ3) is 3.39. The Bertz CT molecular complexity index is 1180. The third-order valence-electron chi connectivity index (χ3n) is 6.60. The van der Waals surface area contributed by atoms with Crippen LogP contribution < -0.4 is 0 Å². The largest absolute Gasteiger partial charge is 0.338 e. The highest BCUT2D eigenvalue weighted by Gasteiger charge is 2.44. The van der Waals surface area contributed by atoms with E-state index in [4.69, 9.17) is 11.6 Å². The number of amides is 2. The van der Waals surface area contributed by atoms with Crippen molar-refractivity contribution in [3.8, 4) is 5.69 Å². The molecule has 0 saturated carbocycles. The number of rotatable bonds is 3. The predicted molar refractivity (Wildman–Crippen MR) is 123 cm³/mol. The topological polar surface area (TPSA) is 58.4 Å². The number of nitrogens with zero attached hydrogens (tertiary/aromatic N) is 4. The molecule has 0 N–H and O–H groups in total. The van der Waals surface area contributed by atoms with Gasteiger partial charge in [-0.2, -0.15) is 5.10 Å². The van der Waals surface area contributed by atoms with E-state index in [0.29, 0.717) is 29.4 Å². The molecule has 1 unspecified atom stereocenters. The van der Waals surface area contributed by atoms with E-state index in [1.54, 1.807) is 28.9 Å². The van der Waals surface area contributed by atoms with E-state index < -0.39 is 0 Å². The molecule has 0 bridgehead atoms. The molecule has 32 heavy (non-hydrogen) atoms. The van der Waals surface area contributed by atoms with Crippen LogP contribution in [0.4, 0.5) is 0 Å². The van der Waals surface area contributed by atoms with Crippen molar-refractivity contribution >= 4 is 23.4 Å². The van der Waals surface area contributed by atoms with Crippen molar-refractivity contribution in [3.63, 3.8) is 0 Å². The summed E-state index contributed by atoms with van der Waals surface area (Å²) in [5, 5.41) is 5.22. The van der Waals surface area contributed by atoms with Crippen molar-refractivity contribution < 1.29 is 9.59 Å². The van der Waals surface area contributed by atoms with E-state index in [1.807, 2.05) is 47.1 Å². The maximum absolute atomic E-state index is 13.6. The minimum Gasteiger partial charge on any atom is -0.338 e. The quantitative estimate of drug-likeness (QED) is 0.585. The lowest BCUT2D eigenvalue weighted by molar-refractivity contribution is 0.0470. The normalized spacial score (nSPS) is 18.8. The Morgan fingerprint density at radius 1 is 1.06 bits per heavy atom. The van der Waals surface area contributed by atoms with Crippen molar-refractivity contribution in [3.05, 3.63) is 82.1 Å². The number of piperidine rings is 1. The number of benzene rings is 2. The molecule has 2 aliphatic rings. The number of para-hydroxylation sites is 1. The maximum Gasteiger partial charge on any atom is 0.273 e. The second-order valence-corrected chi connectivity index (χ2v) is 8.95. The van der Waals surface area contributed by atoms with Crippen molar-refractivity contribution in [2.75, 3.05) is 13.1 Å². The lowest BCUT2D eigenvalue weighted by Crippen LogP contribution is -2.47. The lowest BCUT2D eigenvalue weighted by atomic mass is 10.0. The van der Waals surface area contributed by atoms with Crippen molar-refractivity contribution in [1.82, 2.24) is 19.6 Å². The minimum atomic E-state index is -0.0323. The third-order valence-corrected chi connectivity index (χ3v) is 6.83. The van der Waals surface area contributed by atoms with Crippen molar-refractivity contribution in [2.45, 2.75) is 38.8 Å². The molecule has 164 valence electrons. The van der Waals surface area contributed by atoms with Crippen LogP contribution in [0.15, 0.2) is 54.6 Å². The van der Waals surface area contributed by atoms with E-state index in [0.717, 1.165) is 29.8 Å². The number of halogens is 1. The Hall–Kier alpha value is -3.12. The molecule has 2 aliphatic heterocycles. The molecule has 6 nitrogen and oxygen atoms in total. The average molecular weight is 449 g/mol. The molecule has 1 aromatic heterocycles. The zero-order valence-corrected chi connectivity index (χ0v) is 18.9. The highest BCUT2D eigenvalue weighted by Crippen LogP contribution is 2.40. The average Bonchev–Trinajstić information content (AvgIpc) is 3.29. The zero-order chi connectivity index (χ0) is 22.4. The summed E-state index contributed by atoms with van der Waals surface area (Å²) in [6, 6.07) is 16.9. The van der Waals surface area contributed by atoms with Gasteiger partial charge in [-0.25, -0.2) is 4.68 Å². The Labute approximate surface area is 192 Å². The van der Waals surface area contributed by atoms with Crippen LogP contribution in [0.5, 0.6) is 0 Å². The van der Waals surface area contributed by atoms with Crippen molar-refractivity contribution in [2.24, 2.45) is 0 Å². The monoisotopic (exact) mass is 448 g/mol. The molecule has 1 atom stereocenters. The smallest absolute Gasteiger partial charge is 0.273 e. The molecule has 1 saturated heterocycles. The summed E-state index contributed by atoms with van der Waals surface area (Å²) in [5.74, 6) is 0.0159. The van der Waals surface area contributed by atoms with Gasteiger partial charge in [-0.15, -0.1) is 0 Å². The molecule has 0 aliphatic carbocycles. The second kappa shape index (κ2) is 8.10. The first-order valence-corrected chi connectivity index (χ1v) is 11.4. The van der Waals surface area contributed by atoms with Gasteiger partial charge in [0.05, 0.1) is 17.4 Å². The Morgan fingerprint density at radius 2 is 1.78 bits per heavy atom. The summed E-state index contributed by atoms with van der Waals surface area (Å²) in [6.07, 6.45) is 1.51. The van der Waals surface area contributed by atoms with Gasteiger partial charge < -0.3 is 9.80 Å². The molecule has 0 spiro atoms. The highest BCUT2D eigenvalue weighted by atomic mass is 35.5. The Balaban J connectivity index is 1.34. The number of likely N-dealkylation sites (tertiary alicyclic amines) is 1. The van der Waals surface area contributed by atoms with Gasteiger partial charge in [-0.1, -0.05) is 35.9 Å². The Morgan fingerprint density at radius 3 is 2.47 bits per heavy atom. The van der Waals surface area contributed by atoms with Gasteiger partial charge in [0.1, 0.15) is 5.69 Å². The molecule has 7 heteroatoms. The van der Waals surface area contributed by atoms with E-state index in [1.165, 1.54) is 0 Å². The molecular weight excluding hydrogens is 424 g/mol. The molecule has 3 aromatic rings. The van der Waals surface area contributed by atoms with Crippen molar-refractivity contribution in [1.29, 1.82) is 0 Å². The number of carbonyl (C=O) groups excluding carboxylic acids is 2. The standard InChI is InChI=1S/C25H25ClN4O2/c1-16-22-17(2)29(25(32)23(22)30(27-16)21-9-4-3-5-10-21)20-11-13-28(14-12-20)24(31)18-7-6-8-19(26)15-18/h3-10,15,17,20H,11-14H2,1-2H3. The molecular formula is C25H25ClN4O2. The van der Waals surface area contributed by atoms with Crippen LogP contribution in [0.1, 0.15) is 57.9 Å². The van der Waals surface area contributed by atoms with E-state index >= 15 is 0 Å². The van der Waals surface area contributed by atoms with Crippen LogP contribution >= 0.6 is 11.6 Å². The second-order valence-electron chi connectivity index (χ2n) is 8.52. The first-order chi connectivity index (χ1) is 15.5. The number of aryl methyl sites for hydroxylation is 1. The SMILES string of the molecule is Cc1nn(-c2ccccc2)c2c1C(C)N(C1CCN(C(=O)c3cccc(Cl)c3)CC1)C2=O. The molecule has 0 radical (unpaired) electrons. The molecule has 3 heterocycles. The van der Waals surface area contributed by atoms with Crippen LogP contribution in [0.3, 0.4) is 0 Å². The van der Waals surface area contributed by atoms with Gasteiger partial charge in [0.25, 0.3) is 11.8 Å². The fourth-order valence-electron chi connectivity index (χ4n) is 5.07. The number of aromatic nitrogens is 2. The fraction of sp³-hybridized carbons (Fsp3) is 0.320. The first-order valence-electron chi connectivity index (χ1n) is 11.0. The molecule has 5 rings (SSSR count). The number of carbonyl (C=O) groups is 2. The number of hydrogen-bond acceptors (Lipinski definition) is 3. The predicted octanol–water partition coefficient (Wildman–Crippen LogP) is 4.66. The summed E-state index contributed by atoms with van der Waals surface area (Å²) >= 11 is 6.05. The van der Waals surface area contributed by atoms with Gasteiger partial charge >= 0.3 is 0 Å². The number of hydrogen-bond donors (Lipinski definition) is 0. The molecule has 1 fully saturated rings. The Kier molecular flexibility index (Phi) is 5.25. The first kappa shape index (κ1) is 20.8. The summed E-state index contributed by atoms with van der Waals surface area (Å²) in [4.78, 5) is 30.3. The van der Waals surface area contributed by atoms with Gasteiger partial charge in [0.15, 0.2) is 0 Å². The van der Waals surface area contributed by atoms with E-state index in [-0.39, 0.29) is 23.9 Å². The summed E-state index contributed by atoms with van der Waals surface area (Å²) in [6.45, 7) is 5.29. The van der Waals surface area contributed by atoms with E-state index in [9.17, 15) is 9.59 Å². The molecule has 2 aromatic carbocycles. The molecule has 2 amide bonds. The van der Waals surface area contributed by atoms with Crippen LogP contribution in [0, 0.1) is 6.92 Å². The van der Waals surface area contributed by atoms with Gasteiger partial charge in [0.2, 0.25) is 0 Å². The minimum absolute atomic E-state index is 0.00871. The lowest BCUT2D eigenvalue weighted by Gasteiger charge is -2.39. The summed E-state index contributed by atoms with van der Waals surface area (Å²) in [5.41, 5.74) is 4.06.